The van der Waals surface area contributed by atoms with Crippen molar-refractivity contribution in [2.24, 2.45) is 7.05 Å². The summed E-state index contributed by atoms with van der Waals surface area (Å²) in [5.74, 6) is 0. The number of pyridine rings is 2. The molecule has 0 unspecified atom stereocenters. The largest absolute Gasteiger partial charge is 0.311 e. The zero-order valence-electron chi connectivity index (χ0n) is 9.14. The van der Waals surface area contributed by atoms with E-state index < -0.39 is 0 Å². The van der Waals surface area contributed by atoms with Crippen molar-refractivity contribution < 1.29 is 0 Å². The number of para-hydroxylation sites is 1. The van der Waals surface area contributed by atoms with Gasteiger partial charge in [0.2, 0.25) is 0 Å². The molecule has 4 heteroatoms. The molecule has 3 nitrogen and oxygen atoms in total. The van der Waals surface area contributed by atoms with Gasteiger partial charge in [-0.25, -0.2) is 4.98 Å². The van der Waals surface area contributed by atoms with Gasteiger partial charge in [0.25, 0.3) is 5.56 Å². The summed E-state index contributed by atoms with van der Waals surface area (Å²) in [6.07, 6.45) is 0. The number of halogens is 1. The van der Waals surface area contributed by atoms with Crippen molar-refractivity contribution in [2.45, 2.75) is 0 Å². The molecule has 3 rings (SSSR count). The molecule has 0 bridgehead atoms. The molecule has 0 aliphatic heterocycles. The summed E-state index contributed by atoms with van der Waals surface area (Å²) >= 11 is 5.89. The van der Waals surface area contributed by atoms with E-state index in [9.17, 15) is 4.79 Å². The van der Waals surface area contributed by atoms with E-state index >= 15 is 0 Å². The van der Waals surface area contributed by atoms with Crippen LogP contribution in [-0.4, -0.2) is 9.55 Å². The standard InChI is InChI=1S/C13H9ClN2O/c1-16-10-5-3-2-4-8(10)12-9(13(16)17)6-7-11(14)15-12/h2-7H,1H3. The Balaban J connectivity index is 2.71. The number of hydrogen-bond acceptors (Lipinski definition) is 2. The second-order valence-electron chi connectivity index (χ2n) is 3.91. The van der Waals surface area contributed by atoms with Gasteiger partial charge in [0.1, 0.15) is 5.15 Å². The minimum absolute atomic E-state index is 0.0529. The Morgan fingerprint density at radius 3 is 2.71 bits per heavy atom. The van der Waals surface area contributed by atoms with Crippen molar-refractivity contribution in [1.29, 1.82) is 0 Å². The molecular weight excluding hydrogens is 236 g/mol. The Morgan fingerprint density at radius 2 is 1.88 bits per heavy atom. The Morgan fingerprint density at radius 1 is 1.12 bits per heavy atom. The van der Waals surface area contributed by atoms with E-state index in [4.69, 9.17) is 11.6 Å². The maximum Gasteiger partial charge on any atom is 0.260 e. The fourth-order valence-electron chi connectivity index (χ4n) is 2.07. The van der Waals surface area contributed by atoms with Crippen LogP contribution in [0.3, 0.4) is 0 Å². The highest BCUT2D eigenvalue weighted by Crippen LogP contribution is 2.21. The SMILES string of the molecule is Cn1c(=O)c2ccc(Cl)nc2c2ccccc21. The second kappa shape index (κ2) is 3.57. The van der Waals surface area contributed by atoms with Crippen LogP contribution in [0.15, 0.2) is 41.2 Å². The summed E-state index contributed by atoms with van der Waals surface area (Å²) in [6, 6.07) is 11.0. The van der Waals surface area contributed by atoms with Gasteiger partial charge < -0.3 is 4.57 Å². The molecule has 84 valence electrons. The first-order chi connectivity index (χ1) is 8.18. The van der Waals surface area contributed by atoms with Crippen LogP contribution in [0, 0.1) is 0 Å². The van der Waals surface area contributed by atoms with Gasteiger partial charge in [-0.3, -0.25) is 4.79 Å². The Bertz CT molecular complexity index is 792. The van der Waals surface area contributed by atoms with Crippen molar-refractivity contribution in [3.63, 3.8) is 0 Å². The summed E-state index contributed by atoms with van der Waals surface area (Å²) in [4.78, 5) is 16.4. The average molecular weight is 245 g/mol. The van der Waals surface area contributed by atoms with E-state index in [2.05, 4.69) is 4.98 Å². The number of fused-ring (bicyclic) bond motifs is 3. The molecule has 0 saturated carbocycles. The molecular formula is C13H9ClN2O. The van der Waals surface area contributed by atoms with Crippen LogP contribution in [0.2, 0.25) is 5.15 Å². The molecule has 1 aromatic carbocycles. The third-order valence-corrected chi connectivity index (χ3v) is 3.13. The van der Waals surface area contributed by atoms with Crippen molar-refractivity contribution in [3.8, 4) is 0 Å². The highest BCUT2D eigenvalue weighted by molar-refractivity contribution is 6.30. The topological polar surface area (TPSA) is 34.9 Å². The molecule has 17 heavy (non-hydrogen) atoms. The molecule has 3 aromatic rings. The van der Waals surface area contributed by atoms with E-state index in [0.29, 0.717) is 16.1 Å². The minimum atomic E-state index is -0.0529. The lowest BCUT2D eigenvalue weighted by Gasteiger charge is -2.07. The second-order valence-corrected chi connectivity index (χ2v) is 4.30. The highest BCUT2D eigenvalue weighted by atomic mass is 35.5. The zero-order chi connectivity index (χ0) is 12.0. The molecule has 0 atom stereocenters. The first-order valence-electron chi connectivity index (χ1n) is 5.22. The van der Waals surface area contributed by atoms with Crippen LogP contribution >= 0.6 is 11.6 Å². The van der Waals surface area contributed by atoms with Gasteiger partial charge in [0.15, 0.2) is 0 Å². The fourth-order valence-corrected chi connectivity index (χ4v) is 2.22. The predicted molar refractivity (Wildman–Crippen MR) is 69.5 cm³/mol. The molecule has 2 aromatic heterocycles. The maximum absolute atomic E-state index is 12.1. The van der Waals surface area contributed by atoms with Crippen molar-refractivity contribution in [2.75, 3.05) is 0 Å². The third kappa shape index (κ3) is 1.43. The molecule has 0 aliphatic rings. The summed E-state index contributed by atoms with van der Waals surface area (Å²) in [5, 5.41) is 1.93. The molecule has 0 radical (unpaired) electrons. The van der Waals surface area contributed by atoms with Gasteiger partial charge in [-0.1, -0.05) is 29.8 Å². The van der Waals surface area contributed by atoms with Crippen LogP contribution in [0.4, 0.5) is 0 Å². The molecule has 0 fully saturated rings. The van der Waals surface area contributed by atoms with Crippen molar-refractivity contribution in [3.05, 3.63) is 51.9 Å². The molecule has 0 spiro atoms. The Kier molecular flexibility index (Phi) is 2.16. The number of rotatable bonds is 0. The molecule has 0 N–H and O–H groups in total. The minimum Gasteiger partial charge on any atom is -0.311 e. The predicted octanol–water partition coefficient (Wildman–Crippen LogP) is 2.74. The van der Waals surface area contributed by atoms with E-state index in [1.165, 1.54) is 0 Å². The number of aromatic nitrogens is 2. The first kappa shape index (κ1) is 10.3. The molecule has 0 aliphatic carbocycles. The van der Waals surface area contributed by atoms with Crippen molar-refractivity contribution >= 4 is 33.4 Å². The quantitative estimate of drug-likeness (QED) is 0.450. The lowest BCUT2D eigenvalue weighted by Crippen LogP contribution is -2.17. The number of aryl methyl sites for hydroxylation is 1. The Labute approximate surface area is 102 Å². The monoisotopic (exact) mass is 244 g/mol. The number of hydrogen-bond donors (Lipinski definition) is 0. The molecule has 2 heterocycles. The van der Waals surface area contributed by atoms with E-state index in [-0.39, 0.29) is 5.56 Å². The molecule has 0 saturated heterocycles. The molecule has 0 amide bonds. The summed E-state index contributed by atoms with van der Waals surface area (Å²) in [6.45, 7) is 0. The van der Waals surface area contributed by atoms with Gasteiger partial charge in [0.05, 0.1) is 16.4 Å². The van der Waals surface area contributed by atoms with Gasteiger partial charge >= 0.3 is 0 Å². The van der Waals surface area contributed by atoms with Crippen LogP contribution in [0.1, 0.15) is 0 Å². The summed E-state index contributed by atoms with van der Waals surface area (Å²) in [5.41, 5.74) is 1.47. The van der Waals surface area contributed by atoms with Crippen LogP contribution in [0.25, 0.3) is 21.8 Å². The van der Waals surface area contributed by atoms with Gasteiger partial charge in [0, 0.05) is 12.4 Å². The third-order valence-electron chi connectivity index (χ3n) is 2.92. The van der Waals surface area contributed by atoms with Gasteiger partial charge in [-0.15, -0.1) is 0 Å². The number of nitrogens with zero attached hydrogens (tertiary/aromatic N) is 2. The smallest absolute Gasteiger partial charge is 0.260 e. The van der Waals surface area contributed by atoms with Crippen LogP contribution < -0.4 is 5.56 Å². The number of benzene rings is 1. The average Bonchev–Trinajstić information content (AvgIpc) is 2.36. The lowest BCUT2D eigenvalue weighted by molar-refractivity contribution is 0.917. The summed E-state index contributed by atoms with van der Waals surface area (Å²) < 4.78 is 1.63. The van der Waals surface area contributed by atoms with E-state index in [0.717, 1.165) is 10.9 Å². The normalized spacial score (nSPS) is 11.2. The fraction of sp³-hybridized carbons (Fsp3) is 0.0769. The van der Waals surface area contributed by atoms with Gasteiger partial charge in [-0.2, -0.15) is 0 Å². The Hall–Kier alpha value is -1.87. The van der Waals surface area contributed by atoms with Crippen LogP contribution in [-0.2, 0) is 7.05 Å². The first-order valence-corrected chi connectivity index (χ1v) is 5.60. The van der Waals surface area contributed by atoms with E-state index in [1.807, 2.05) is 24.3 Å². The van der Waals surface area contributed by atoms with Crippen molar-refractivity contribution in [1.82, 2.24) is 9.55 Å². The lowest BCUT2D eigenvalue weighted by atomic mass is 10.1. The highest BCUT2D eigenvalue weighted by Gasteiger charge is 2.09. The maximum atomic E-state index is 12.1. The summed E-state index contributed by atoms with van der Waals surface area (Å²) in [7, 11) is 1.76. The van der Waals surface area contributed by atoms with Gasteiger partial charge in [-0.05, 0) is 18.2 Å². The zero-order valence-corrected chi connectivity index (χ0v) is 9.90. The van der Waals surface area contributed by atoms with E-state index in [1.54, 1.807) is 23.7 Å². The van der Waals surface area contributed by atoms with Crippen LogP contribution in [0.5, 0.6) is 0 Å².